The summed E-state index contributed by atoms with van der Waals surface area (Å²) in [5.41, 5.74) is 0.816. The fraction of sp³-hybridized carbons (Fsp3) is 0.389. The summed E-state index contributed by atoms with van der Waals surface area (Å²) in [5, 5.41) is 3.50. The van der Waals surface area contributed by atoms with Crippen LogP contribution in [0, 0.1) is 0 Å². The Hall–Kier alpha value is -2.83. The van der Waals surface area contributed by atoms with Crippen LogP contribution < -0.4 is 5.32 Å². The molecule has 2 amide bonds. The van der Waals surface area contributed by atoms with E-state index in [0.717, 1.165) is 10.9 Å². The number of likely N-dealkylation sites (N-methyl/N-ethyl adjacent to an activating group) is 1. The number of hydrogen-bond donors (Lipinski definition) is 2. The average molecular weight is 345 g/mol. The molecular formula is C18H23N3O4. The molecule has 1 heterocycles. The fourth-order valence-corrected chi connectivity index (χ4v) is 2.32. The number of fused-ring (bicyclic) bond motifs is 1. The molecule has 0 saturated carbocycles. The van der Waals surface area contributed by atoms with E-state index in [1.807, 2.05) is 39.0 Å². The van der Waals surface area contributed by atoms with E-state index in [2.05, 4.69) is 10.3 Å². The Bertz CT molecular complexity index is 789. The van der Waals surface area contributed by atoms with Crippen LogP contribution in [0.3, 0.4) is 0 Å². The van der Waals surface area contributed by atoms with E-state index in [0.29, 0.717) is 5.56 Å². The van der Waals surface area contributed by atoms with Crippen LogP contribution in [0.15, 0.2) is 30.5 Å². The van der Waals surface area contributed by atoms with Crippen LogP contribution in [-0.4, -0.2) is 53.4 Å². The SMILES string of the molecule is CN(CC(=O)NC(C)(C)C)C(=O)COC(=O)c1c[nH]c2ccccc12. The van der Waals surface area contributed by atoms with E-state index in [9.17, 15) is 14.4 Å². The van der Waals surface area contributed by atoms with Crippen molar-refractivity contribution in [1.82, 2.24) is 15.2 Å². The highest BCUT2D eigenvalue weighted by atomic mass is 16.5. The van der Waals surface area contributed by atoms with Gasteiger partial charge in [-0.25, -0.2) is 4.79 Å². The molecule has 7 heteroatoms. The van der Waals surface area contributed by atoms with Crippen LogP contribution in [0.5, 0.6) is 0 Å². The lowest BCUT2D eigenvalue weighted by Crippen LogP contribution is -2.46. The van der Waals surface area contributed by atoms with Crippen molar-refractivity contribution in [2.24, 2.45) is 0 Å². The van der Waals surface area contributed by atoms with Crippen LogP contribution >= 0.6 is 0 Å². The van der Waals surface area contributed by atoms with E-state index >= 15 is 0 Å². The molecule has 2 rings (SSSR count). The molecule has 0 aliphatic rings. The van der Waals surface area contributed by atoms with Crippen LogP contribution in [0.25, 0.3) is 10.9 Å². The van der Waals surface area contributed by atoms with Crippen molar-refractivity contribution >= 4 is 28.7 Å². The van der Waals surface area contributed by atoms with Crippen molar-refractivity contribution in [3.63, 3.8) is 0 Å². The van der Waals surface area contributed by atoms with Gasteiger partial charge in [-0.1, -0.05) is 18.2 Å². The number of aromatic nitrogens is 1. The normalized spacial score (nSPS) is 11.2. The molecule has 0 fully saturated rings. The van der Waals surface area contributed by atoms with Gasteiger partial charge < -0.3 is 19.9 Å². The van der Waals surface area contributed by atoms with Gasteiger partial charge in [-0.3, -0.25) is 9.59 Å². The van der Waals surface area contributed by atoms with Gasteiger partial charge in [0, 0.05) is 29.7 Å². The quantitative estimate of drug-likeness (QED) is 0.807. The van der Waals surface area contributed by atoms with Gasteiger partial charge in [0.2, 0.25) is 5.91 Å². The molecule has 0 unspecified atom stereocenters. The van der Waals surface area contributed by atoms with Crippen LogP contribution in [-0.2, 0) is 14.3 Å². The first kappa shape index (κ1) is 18.5. The second kappa shape index (κ2) is 7.38. The smallest absolute Gasteiger partial charge is 0.340 e. The maximum absolute atomic E-state index is 12.2. The van der Waals surface area contributed by atoms with Gasteiger partial charge in [-0.05, 0) is 26.8 Å². The number of carbonyl (C=O) groups excluding carboxylic acids is 3. The molecule has 134 valence electrons. The van der Waals surface area contributed by atoms with Gasteiger partial charge in [0.25, 0.3) is 5.91 Å². The number of ether oxygens (including phenoxy) is 1. The zero-order chi connectivity index (χ0) is 18.6. The first-order valence-electron chi connectivity index (χ1n) is 7.95. The topological polar surface area (TPSA) is 91.5 Å². The van der Waals surface area contributed by atoms with Gasteiger partial charge >= 0.3 is 5.97 Å². The number of benzene rings is 1. The second-order valence-electron chi connectivity index (χ2n) is 6.87. The number of carbonyl (C=O) groups is 3. The Balaban J connectivity index is 1.88. The number of nitrogens with zero attached hydrogens (tertiary/aromatic N) is 1. The highest BCUT2D eigenvalue weighted by Gasteiger charge is 2.20. The van der Waals surface area contributed by atoms with Crippen molar-refractivity contribution in [2.75, 3.05) is 20.2 Å². The van der Waals surface area contributed by atoms with Crippen LogP contribution in [0.4, 0.5) is 0 Å². The van der Waals surface area contributed by atoms with E-state index in [-0.39, 0.29) is 18.0 Å². The number of hydrogen-bond acceptors (Lipinski definition) is 4. The van der Waals surface area contributed by atoms with Gasteiger partial charge in [0.05, 0.1) is 12.1 Å². The largest absolute Gasteiger partial charge is 0.452 e. The molecule has 25 heavy (non-hydrogen) atoms. The predicted molar refractivity (Wildman–Crippen MR) is 94.1 cm³/mol. The molecule has 0 spiro atoms. The number of esters is 1. The molecular weight excluding hydrogens is 322 g/mol. The van der Waals surface area contributed by atoms with E-state index in [4.69, 9.17) is 4.74 Å². The van der Waals surface area contributed by atoms with Crippen LogP contribution in [0.1, 0.15) is 31.1 Å². The third-order valence-corrected chi connectivity index (χ3v) is 3.46. The van der Waals surface area contributed by atoms with Gasteiger partial charge in [0.15, 0.2) is 6.61 Å². The standard InChI is InChI=1S/C18H23N3O4/c1-18(2,3)20-15(22)10-21(4)16(23)11-25-17(24)13-9-19-14-8-6-5-7-12(13)14/h5-9,19H,10-11H2,1-4H3,(H,20,22). The molecule has 2 N–H and O–H groups in total. The lowest BCUT2D eigenvalue weighted by Gasteiger charge is -2.23. The summed E-state index contributed by atoms with van der Waals surface area (Å²) in [6.07, 6.45) is 1.55. The number of aromatic amines is 1. The Labute approximate surface area is 146 Å². The minimum atomic E-state index is -0.585. The highest BCUT2D eigenvalue weighted by Crippen LogP contribution is 2.18. The number of nitrogens with one attached hydrogen (secondary N) is 2. The van der Waals surface area contributed by atoms with E-state index < -0.39 is 18.5 Å². The minimum absolute atomic E-state index is 0.0965. The first-order chi connectivity index (χ1) is 11.7. The Morgan fingerprint density at radius 3 is 2.56 bits per heavy atom. The van der Waals surface area contributed by atoms with Crippen molar-refractivity contribution in [2.45, 2.75) is 26.3 Å². The summed E-state index contributed by atoms with van der Waals surface area (Å²) >= 11 is 0. The van der Waals surface area contributed by atoms with E-state index in [1.165, 1.54) is 11.9 Å². The maximum Gasteiger partial charge on any atom is 0.340 e. The summed E-state index contributed by atoms with van der Waals surface area (Å²) in [5.74, 6) is -1.30. The molecule has 1 aromatic carbocycles. The summed E-state index contributed by atoms with van der Waals surface area (Å²) in [4.78, 5) is 40.2. The predicted octanol–water partition coefficient (Wildman–Crippen LogP) is 1.70. The molecule has 0 aliphatic carbocycles. The van der Waals surface area contributed by atoms with Crippen LogP contribution in [0.2, 0.25) is 0 Å². The summed E-state index contributed by atoms with van der Waals surface area (Å²) in [6.45, 7) is 5.06. The highest BCUT2D eigenvalue weighted by molar-refractivity contribution is 6.04. The van der Waals surface area contributed by atoms with Crippen molar-refractivity contribution in [3.8, 4) is 0 Å². The van der Waals surface area contributed by atoms with Gasteiger partial charge in [-0.2, -0.15) is 0 Å². The Kier molecular flexibility index (Phi) is 5.46. The lowest BCUT2D eigenvalue weighted by atomic mass is 10.1. The monoisotopic (exact) mass is 345 g/mol. The first-order valence-corrected chi connectivity index (χ1v) is 7.95. The average Bonchev–Trinajstić information content (AvgIpc) is 2.94. The van der Waals surface area contributed by atoms with E-state index in [1.54, 1.807) is 12.3 Å². The molecule has 0 radical (unpaired) electrons. The molecule has 0 saturated heterocycles. The lowest BCUT2D eigenvalue weighted by molar-refractivity contribution is -0.137. The third-order valence-electron chi connectivity index (χ3n) is 3.46. The summed E-state index contributed by atoms with van der Waals surface area (Å²) in [7, 11) is 1.49. The summed E-state index contributed by atoms with van der Waals surface area (Å²) in [6, 6.07) is 7.32. The third kappa shape index (κ3) is 5.07. The Morgan fingerprint density at radius 1 is 1.20 bits per heavy atom. The Morgan fingerprint density at radius 2 is 1.88 bits per heavy atom. The second-order valence-corrected chi connectivity index (χ2v) is 6.87. The molecule has 0 bridgehead atoms. The van der Waals surface area contributed by atoms with Crippen molar-refractivity contribution in [3.05, 3.63) is 36.0 Å². The minimum Gasteiger partial charge on any atom is -0.452 e. The zero-order valence-electron chi connectivity index (χ0n) is 14.9. The number of H-pyrrole nitrogens is 1. The van der Waals surface area contributed by atoms with Gasteiger partial charge in [-0.15, -0.1) is 0 Å². The molecule has 0 atom stereocenters. The number of para-hydroxylation sites is 1. The van der Waals surface area contributed by atoms with Crippen molar-refractivity contribution in [1.29, 1.82) is 0 Å². The molecule has 2 aromatic rings. The zero-order valence-corrected chi connectivity index (χ0v) is 14.9. The van der Waals surface area contributed by atoms with Gasteiger partial charge in [0.1, 0.15) is 0 Å². The van der Waals surface area contributed by atoms with Crippen molar-refractivity contribution < 1.29 is 19.1 Å². The maximum atomic E-state index is 12.2. The fourth-order valence-electron chi connectivity index (χ4n) is 2.32. The molecule has 7 nitrogen and oxygen atoms in total. The number of rotatable bonds is 5. The number of amides is 2. The molecule has 1 aromatic heterocycles. The summed E-state index contributed by atoms with van der Waals surface area (Å²) < 4.78 is 5.08. The molecule has 0 aliphatic heterocycles.